The van der Waals surface area contributed by atoms with Gasteiger partial charge >= 0.3 is 0 Å². The lowest BCUT2D eigenvalue weighted by atomic mass is 9.80. The van der Waals surface area contributed by atoms with Crippen molar-refractivity contribution < 1.29 is 9.90 Å². The van der Waals surface area contributed by atoms with Crippen LogP contribution in [0.15, 0.2) is 41.5 Å². The third-order valence-corrected chi connectivity index (χ3v) is 5.60. The minimum absolute atomic E-state index is 0.0665. The topological polar surface area (TPSA) is 64.9 Å². The second-order valence-corrected chi connectivity index (χ2v) is 8.03. The predicted molar refractivity (Wildman–Crippen MR) is 110 cm³/mol. The standard InChI is InChI=1S/C21H24ClN3O2/c1-13-11-21(2,3)25(4)18-10-17(22)14(9-16(13)18)12-23-24-20(27)15-7-5-6-8-19(15)26/h5-10,12-13,26H,11H2,1-4H3,(H,24,27)/b23-12+. The van der Waals surface area contributed by atoms with Gasteiger partial charge in [-0.3, -0.25) is 4.79 Å². The number of nitrogens with one attached hydrogen (secondary N) is 1. The van der Waals surface area contributed by atoms with Crippen molar-refractivity contribution in [3.8, 4) is 5.75 Å². The maximum absolute atomic E-state index is 12.1. The molecule has 27 heavy (non-hydrogen) atoms. The Kier molecular flexibility index (Phi) is 5.16. The molecule has 0 saturated heterocycles. The molecule has 1 heterocycles. The first-order chi connectivity index (χ1) is 12.7. The fourth-order valence-corrected chi connectivity index (χ4v) is 3.80. The molecule has 0 radical (unpaired) electrons. The normalized spacial score (nSPS) is 18.4. The van der Waals surface area contributed by atoms with Gasteiger partial charge in [-0.25, -0.2) is 5.43 Å². The second-order valence-electron chi connectivity index (χ2n) is 7.63. The summed E-state index contributed by atoms with van der Waals surface area (Å²) in [7, 11) is 2.08. The number of carbonyl (C=O) groups excluding carboxylic acids is 1. The molecular formula is C21H24ClN3O2. The van der Waals surface area contributed by atoms with E-state index in [1.807, 2.05) is 12.1 Å². The molecular weight excluding hydrogens is 362 g/mol. The van der Waals surface area contributed by atoms with E-state index in [0.29, 0.717) is 10.9 Å². The van der Waals surface area contributed by atoms with E-state index in [-0.39, 0.29) is 16.9 Å². The van der Waals surface area contributed by atoms with Gasteiger partial charge in [-0.15, -0.1) is 0 Å². The number of para-hydroxylation sites is 1. The molecule has 2 N–H and O–H groups in total. The van der Waals surface area contributed by atoms with E-state index in [9.17, 15) is 9.90 Å². The molecule has 0 aromatic heterocycles. The Morgan fingerprint density at radius 1 is 1.37 bits per heavy atom. The Hall–Kier alpha value is -2.53. The highest BCUT2D eigenvalue weighted by molar-refractivity contribution is 6.33. The van der Waals surface area contributed by atoms with Crippen molar-refractivity contribution in [1.29, 1.82) is 0 Å². The van der Waals surface area contributed by atoms with Gasteiger partial charge in [-0.05, 0) is 56.0 Å². The third-order valence-electron chi connectivity index (χ3n) is 5.27. The molecule has 2 aromatic rings. The maximum atomic E-state index is 12.1. The number of hydrogen-bond donors (Lipinski definition) is 2. The summed E-state index contributed by atoms with van der Waals surface area (Å²) in [6.07, 6.45) is 2.58. The maximum Gasteiger partial charge on any atom is 0.275 e. The number of aromatic hydroxyl groups is 1. The molecule has 6 heteroatoms. The number of fused-ring (bicyclic) bond motifs is 1. The van der Waals surface area contributed by atoms with E-state index in [1.54, 1.807) is 12.1 Å². The summed E-state index contributed by atoms with van der Waals surface area (Å²) in [6.45, 7) is 6.66. The van der Waals surface area contributed by atoms with Crippen molar-refractivity contribution in [3.63, 3.8) is 0 Å². The number of hydrogen-bond acceptors (Lipinski definition) is 4. The van der Waals surface area contributed by atoms with E-state index in [2.05, 4.69) is 43.2 Å². The number of carbonyl (C=O) groups is 1. The Morgan fingerprint density at radius 3 is 2.78 bits per heavy atom. The van der Waals surface area contributed by atoms with Crippen LogP contribution in [0, 0.1) is 0 Å². The first kappa shape index (κ1) is 19.2. The second kappa shape index (κ2) is 7.24. The van der Waals surface area contributed by atoms with E-state index in [1.165, 1.54) is 23.9 Å². The number of phenols is 1. The molecule has 0 saturated carbocycles. The first-order valence-corrected chi connectivity index (χ1v) is 9.27. The van der Waals surface area contributed by atoms with E-state index in [4.69, 9.17) is 11.6 Å². The molecule has 142 valence electrons. The Balaban J connectivity index is 1.82. The lowest BCUT2D eigenvalue weighted by Crippen LogP contribution is -2.45. The van der Waals surface area contributed by atoms with Gasteiger partial charge in [0.2, 0.25) is 0 Å². The van der Waals surface area contributed by atoms with Gasteiger partial charge < -0.3 is 10.0 Å². The lowest BCUT2D eigenvalue weighted by Gasteiger charge is -2.45. The average molecular weight is 386 g/mol. The number of rotatable bonds is 3. The molecule has 1 unspecified atom stereocenters. The number of nitrogens with zero attached hydrogens (tertiary/aromatic N) is 2. The van der Waals surface area contributed by atoms with Gasteiger partial charge in [0.05, 0.1) is 16.8 Å². The van der Waals surface area contributed by atoms with Crippen molar-refractivity contribution in [1.82, 2.24) is 5.43 Å². The minimum Gasteiger partial charge on any atom is -0.507 e. The van der Waals surface area contributed by atoms with Crippen molar-refractivity contribution in [2.75, 3.05) is 11.9 Å². The highest BCUT2D eigenvalue weighted by Crippen LogP contribution is 2.44. The van der Waals surface area contributed by atoms with E-state index in [0.717, 1.165) is 17.7 Å². The van der Waals surface area contributed by atoms with E-state index >= 15 is 0 Å². The molecule has 0 spiro atoms. The molecule has 3 rings (SSSR count). The van der Waals surface area contributed by atoms with Crippen molar-refractivity contribution in [2.45, 2.75) is 38.6 Å². The minimum atomic E-state index is -0.478. The molecule has 0 aliphatic carbocycles. The van der Waals surface area contributed by atoms with Crippen LogP contribution >= 0.6 is 11.6 Å². The highest BCUT2D eigenvalue weighted by atomic mass is 35.5. The molecule has 0 bridgehead atoms. The summed E-state index contributed by atoms with van der Waals surface area (Å²) in [6, 6.07) is 10.3. The molecule has 1 amide bonds. The Morgan fingerprint density at radius 2 is 2.07 bits per heavy atom. The van der Waals surface area contributed by atoms with Gasteiger partial charge in [-0.2, -0.15) is 5.10 Å². The fraction of sp³-hybridized carbons (Fsp3) is 0.333. The summed E-state index contributed by atoms with van der Waals surface area (Å²) in [5.41, 5.74) is 5.75. The van der Waals surface area contributed by atoms with Crippen LogP contribution in [0.3, 0.4) is 0 Å². The summed E-state index contributed by atoms with van der Waals surface area (Å²) in [5.74, 6) is -0.170. The van der Waals surface area contributed by atoms with Crippen LogP contribution in [0.4, 0.5) is 5.69 Å². The molecule has 1 aliphatic rings. The van der Waals surface area contributed by atoms with Gasteiger partial charge in [-0.1, -0.05) is 30.7 Å². The SMILES string of the molecule is CC1CC(C)(C)N(C)c2cc(Cl)c(/C=N/NC(=O)c3ccccc3O)cc21. The number of amides is 1. The number of anilines is 1. The summed E-state index contributed by atoms with van der Waals surface area (Å²) in [4.78, 5) is 14.4. The zero-order chi connectivity index (χ0) is 19.8. The largest absolute Gasteiger partial charge is 0.507 e. The smallest absolute Gasteiger partial charge is 0.275 e. The van der Waals surface area contributed by atoms with Crippen molar-refractivity contribution >= 4 is 29.4 Å². The number of halogens is 1. The number of hydrazone groups is 1. The van der Waals surface area contributed by atoms with Gasteiger partial charge in [0.15, 0.2) is 0 Å². The van der Waals surface area contributed by atoms with Crippen LogP contribution in [-0.2, 0) is 0 Å². The highest BCUT2D eigenvalue weighted by Gasteiger charge is 2.34. The fourth-order valence-electron chi connectivity index (χ4n) is 3.59. The van der Waals surface area contributed by atoms with Gasteiger partial charge in [0.25, 0.3) is 5.91 Å². The van der Waals surface area contributed by atoms with Gasteiger partial charge in [0, 0.05) is 23.8 Å². The first-order valence-electron chi connectivity index (χ1n) is 8.89. The van der Waals surface area contributed by atoms with Crippen molar-refractivity contribution in [2.24, 2.45) is 5.10 Å². The summed E-state index contributed by atoms with van der Waals surface area (Å²) < 4.78 is 0. The van der Waals surface area contributed by atoms with Crippen LogP contribution in [0.1, 0.15) is 54.6 Å². The molecule has 5 nitrogen and oxygen atoms in total. The zero-order valence-electron chi connectivity index (χ0n) is 16.0. The number of benzene rings is 2. The van der Waals surface area contributed by atoms with Crippen LogP contribution < -0.4 is 10.3 Å². The Bertz CT molecular complexity index is 908. The van der Waals surface area contributed by atoms with E-state index < -0.39 is 5.91 Å². The molecule has 0 fully saturated rings. The summed E-state index contributed by atoms with van der Waals surface area (Å²) >= 11 is 6.45. The third kappa shape index (κ3) is 3.78. The predicted octanol–water partition coefficient (Wildman–Crippen LogP) is 4.53. The van der Waals surface area contributed by atoms with Crippen LogP contribution in [0.2, 0.25) is 5.02 Å². The summed E-state index contributed by atoms with van der Waals surface area (Å²) in [5, 5.41) is 14.3. The van der Waals surface area contributed by atoms with Crippen LogP contribution in [0.25, 0.3) is 0 Å². The Labute approximate surface area is 164 Å². The average Bonchev–Trinajstić information content (AvgIpc) is 2.60. The zero-order valence-corrected chi connectivity index (χ0v) is 16.7. The van der Waals surface area contributed by atoms with Crippen molar-refractivity contribution in [3.05, 3.63) is 58.1 Å². The monoisotopic (exact) mass is 385 g/mol. The lowest BCUT2D eigenvalue weighted by molar-refractivity contribution is 0.0952. The van der Waals surface area contributed by atoms with Gasteiger partial charge in [0.1, 0.15) is 5.75 Å². The number of phenolic OH excluding ortho intramolecular Hbond substituents is 1. The van der Waals surface area contributed by atoms with Crippen LogP contribution in [-0.4, -0.2) is 29.8 Å². The molecule has 1 aliphatic heterocycles. The molecule has 2 aromatic carbocycles. The van der Waals surface area contributed by atoms with Crippen LogP contribution in [0.5, 0.6) is 5.75 Å². The quantitative estimate of drug-likeness (QED) is 0.602. The molecule has 1 atom stereocenters.